The van der Waals surface area contributed by atoms with Gasteiger partial charge in [-0.15, -0.1) is 0 Å². The summed E-state index contributed by atoms with van der Waals surface area (Å²) in [4.78, 5) is 26.4. The van der Waals surface area contributed by atoms with Gasteiger partial charge in [0.05, 0.1) is 19.8 Å². The third kappa shape index (κ3) is 7.80. The van der Waals surface area contributed by atoms with Gasteiger partial charge in [-0.25, -0.2) is 4.79 Å². The molecule has 0 aliphatic heterocycles. The fraction of sp³-hybridized carbons (Fsp3) is 0.444. The van der Waals surface area contributed by atoms with Gasteiger partial charge in [0.1, 0.15) is 12.4 Å². The second kappa shape index (κ2) is 14.5. The predicted molar refractivity (Wildman–Crippen MR) is 164 cm³/mol. The summed E-state index contributed by atoms with van der Waals surface area (Å²) in [5.41, 5.74) is 6.95. The van der Waals surface area contributed by atoms with Crippen LogP contribution in [0.2, 0.25) is 0 Å². The average molecular weight is 570 g/mol. The summed E-state index contributed by atoms with van der Waals surface area (Å²) in [6.07, 6.45) is 8.73. The number of methoxy groups -OCH3 is 2. The van der Waals surface area contributed by atoms with Crippen LogP contribution < -0.4 is 4.74 Å². The van der Waals surface area contributed by atoms with E-state index in [2.05, 4.69) is 53.4 Å². The van der Waals surface area contributed by atoms with Gasteiger partial charge in [-0.1, -0.05) is 48.5 Å². The molecule has 1 unspecified atom stereocenters. The van der Waals surface area contributed by atoms with Gasteiger partial charge >= 0.3 is 11.9 Å². The molecular formula is C36H43NO5. The maximum Gasteiger partial charge on any atom is 0.337 e. The number of benzene rings is 3. The van der Waals surface area contributed by atoms with E-state index in [1.165, 1.54) is 54.9 Å². The Hall–Kier alpha value is -3.64. The standard InChI is InChI=1S/C36H43NO5/c1-40-35(38)12-5-6-22-37(33-10-7-9-30-24-31(36(39)41-2)19-20-32(30)33)23-21-29-8-3-4-11-34(29)42-25-26-13-15-27(16-14-26)28-17-18-28/h3-4,8,11,13-16,19-20,24,28,33H,5-7,9-10,12,17-18,21-23,25H2,1-2H3. The molecule has 42 heavy (non-hydrogen) atoms. The lowest BCUT2D eigenvalue weighted by Crippen LogP contribution is -2.34. The van der Waals surface area contributed by atoms with E-state index in [0.717, 1.165) is 63.3 Å². The van der Waals surface area contributed by atoms with E-state index < -0.39 is 0 Å². The molecule has 0 aromatic heterocycles. The molecule has 0 amide bonds. The molecule has 2 aliphatic carbocycles. The van der Waals surface area contributed by atoms with Crippen LogP contribution in [0.1, 0.15) is 95.1 Å². The highest BCUT2D eigenvalue weighted by molar-refractivity contribution is 5.89. The molecule has 1 saturated carbocycles. The number of hydrogen-bond acceptors (Lipinski definition) is 6. The highest BCUT2D eigenvalue weighted by Crippen LogP contribution is 2.40. The summed E-state index contributed by atoms with van der Waals surface area (Å²) in [5.74, 6) is 1.24. The lowest BCUT2D eigenvalue weighted by molar-refractivity contribution is -0.140. The first-order valence-corrected chi connectivity index (χ1v) is 15.4. The number of nitrogens with zero attached hydrogens (tertiary/aromatic N) is 1. The summed E-state index contributed by atoms with van der Waals surface area (Å²) >= 11 is 0. The lowest BCUT2D eigenvalue weighted by atomic mass is 9.85. The summed E-state index contributed by atoms with van der Waals surface area (Å²) in [7, 11) is 2.87. The van der Waals surface area contributed by atoms with Crippen molar-refractivity contribution in [2.75, 3.05) is 27.3 Å². The van der Waals surface area contributed by atoms with Crippen molar-refractivity contribution in [3.05, 3.63) is 100 Å². The summed E-state index contributed by atoms with van der Waals surface area (Å²) < 4.78 is 16.2. The van der Waals surface area contributed by atoms with E-state index in [1.807, 2.05) is 18.2 Å². The van der Waals surface area contributed by atoms with Crippen LogP contribution in [0.15, 0.2) is 66.7 Å². The molecule has 0 heterocycles. The molecule has 0 N–H and O–H groups in total. The second-order valence-corrected chi connectivity index (χ2v) is 11.5. The minimum absolute atomic E-state index is 0.159. The molecule has 0 radical (unpaired) electrons. The number of carbonyl (C=O) groups is 2. The molecule has 1 fully saturated rings. The Labute approximate surface area is 250 Å². The number of fused-ring (bicyclic) bond motifs is 1. The Morgan fingerprint density at radius 3 is 2.45 bits per heavy atom. The van der Waals surface area contributed by atoms with Gasteiger partial charge in [0.25, 0.3) is 0 Å². The number of hydrogen-bond donors (Lipinski definition) is 0. The molecule has 1 atom stereocenters. The van der Waals surface area contributed by atoms with Crippen LogP contribution in [-0.4, -0.2) is 44.1 Å². The van der Waals surface area contributed by atoms with Crippen LogP contribution in [0.5, 0.6) is 5.75 Å². The average Bonchev–Trinajstić information content (AvgIpc) is 3.89. The van der Waals surface area contributed by atoms with Gasteiger partial charge < -0.3 is 14.2 Å². The molecule has 0 spiro atoms. The Morgan fingerprint density at radius 2 is 1.69 bits per heavy atom. The molecule has 3 aromatic carbocycles. The minimum Gasteiger partial charge on any atom is -0.489 e. The Bertz CT molecular complexity index is 1350. The van der Waals surface area contributed by atoms with Crippen molar-refractivity contribution in [2.45, 2.75) is 76.4 Å². The molecule has 3 aromatic rings. The SMILES string of the molecule is COC(=O)CCCCN(CCc1ccccc1OCc1ccc(C2CC2)cc1)C1CCCc2cc(C(=O)OC)ccc21. The minimum atomic E-state index is -0.296. The van der Waals surface area contributed by atoms with Gasteiger partial charge in [-0.05, 0) is 110 Å². The zero-order valence-corrected chi connectivity index (χ0v) is 25.0. The molecule has 0 bridgehead atoms. The number of ether oxygens (including phenoxy) is 3. The Morgan fingerprint density at radius 1 is 0.881 bits per heavy atom. The van der Waals surface area contributed by atoms with Crippen molar-refractivity contribution in [3.63, 3.8) is 0 Å². The number of unbranched alkanes of at least 4 members (excludes halogenated alkanes) is 1. The number of carbonyl (C=O) groups excluding carboxylic acids is 2. The van der Waals surface area contributed by atoms with E-state index in [-0.39, 0.29) is 18.0 Å². The molecule has 222 valence electrons. The van der Waals surface area contributed by atoms with Gasteiger partial charge in [-0.3, -0.25) is 9.69 Å². The van der Waals surface area contributed by atoms with Crippen LogP contribution in [0.3, 0.4) is 0 Å². The predicted octanol–water partition coefficient (Wildman–Crippen LogP) is 7.20. The fourth-order valence-electron chi connectivity index (χ4n) is 6.10. The van der Waals surface area contributed by atoms with E-state index in [0.29, 0.717) is 18.6 Å². The molecule has 6 heteroatoms. The van der Waals surface area contributed by atoms with E-state index in [1.54, 1.807) is 0 Å². The van der Waals surface area contributed by atoms with Crippen molar-refractivity contribution in [2.24, 2.45) is 0 Å². The van der Waals surface area contributed by atoms with Crippen LogP contribution in [-0.2, 0) is 33.7 Å². The van der Waals surface area contributed by atoms with Crippen molar-refractivity contribution >= 4 is 11.9 Å². The first-order chi connectivity index (χ1) is 20.6. The first-order valence-electron chi connectivity index (χ1n) is 15.4. The monoisotopic (exact) mass is 569 g/mol. The number of rotatable bonds is 14. The van der Waals surface area contributed by atoms with Crippen LogP contribution >= 0.6 is 0 Å². The second-order valence-electron chi connectivity index (χ2n) is 11.5. The van der Waals surface area contributed by atoms with Crippen LogP contribution in [0.4, 0.5) is 0 Å². The first kappa shape index (κ1) is 29.8. The molecule has 5 rings (SSSR count). The third-order valence-electron chi connectivity index (χ3n) is 8.66. The molecule has 0 saturated heterocycles. The zero-order valence-electron chi connectivity index (χ0n) is 25.0. The summed E-state index contributed by atoms with van der Waals surface area (Å²) in [6, 6.07) is 23.5. The topological polar surface area (TPSA) is 65.1 Å². The van der Waals surface area contributed by atoms with Crippen molar-refractivity contribution < 1.29 is 23.8 Å². The highest BCUT2D eigenvalue weighted by atomic mass is 16.5. The van der Waals surface area contributed by atoms with Crippen LogP contribution in [0, 0.1) is 0 Å². The third-order valence-corrected chi connectivity index (χ3v) is 8.66. The zero-order chi connectivity index (χ0) is 29.3. The van der Waals surface area contributed by atoms with Gasteiger partial charge in [-0.2, -0.15) is 0 Å². The van der Waals surface area contributed by atoms with Gasteiger partial charge in [0.15, 0.2) is 0 Å². The van der Waals surface area contributed by atoms with Crippen LogP contribution in [0.25, 0.3) is 0 Å². The number of esters is 2. The lowest BCUT2D eigenvalue weighted by Gasteiger charge is -2.36. The maximum atomic E-state index is 12.2. The summed E-state index contributed by atoms with van der Waals surface area (Å²) in [5, 5.41) is 0. The normalized spacial score (nSPS) is 16.1. The molecular weight excluding hydrogens is 526 g/mol. The largest absolute Gasteiger partial charge is 0.489 e. The van der Waals surface area contributed by atoms with Crippen molar-refractivity contribution in [1.82, 2.24) is 4.90 Å². The molecule has 6 nitrogen and oxygen atoms in total. The van der Waals surface area contributed by atoms with Gasteiger partial charge in [0, 0.05) is 19.0 Å². The van der Waals surface area contributed by atoms with Gasteiger partial charge in [0.2, 0.25) is 0 Å². The fourth-order valence-corrected chi connectivity index (χ4v) is 6.10. The summed E-state index contributed by atoms with van der Waals surface area (Å²) in [6.45, 7) is 2.31. The smallest absolute Gasteiger partial charge is 0.337 e. The molecule has 2 aliphatic rings. The number of para-hydroxylation sites is 1. The Balaban J connectivity index is 1.28. The van der Waals surface area contributed by atoms with E-state index >= 15 is 0 Å². The quantitative estimate of drug-likeness (QED) is 0.151. The van der Waals surface area contributed by atoms with E-state index in [9.17, 15) is 9.59 Å². The highest BCUT2D eigenvalue weighted by Gasteiger charge is 2.27. The van der Waals surface area contributed by atoms with Crippen molar-refractivity contribution in [1.29, 1.82) is 0 Å². The van der Waals surface area contributed by atoms with E-state index in [4.69, 9.17) is 14.2 Å². The maximum absolute atomic E-state index is 12.2. The number of aryl methyl sites for hydroxylation is 1. The Kier molecular flexibility index (Phi) is 10.3. The van der Waals surface area contributed by atoms with Crippen molar-refractivity contribution in [3.8, 4) is 5.75 Å².